The average molecular weight is 126 g/mol. The second-order valence-corrected chi connectivity index (χ2v) is 3.20. The lowest BCUT2D eigenvalue weighted by Crippen LogP contribution is -2.34. The molecule has 9 heavy (non-hydrogen) atoms. The number of hydrogen-bond acceptors (Lipinski definition) is 2. The van der Waals surface area contributed by atoms with Gasteiger partial charge in [0.2, 0.25) is 0 Å². The predicted octanol–water partition coefficient (Wildman–Crippen LogP) is 0.182. The normalized spacial score (nSPS) is 43.7. The zero-order valence-electron chi connectivity index (χ0n) is 5.71. The molecule has 0 amide bonds. The molecular formula is C7H14N2. The van der Waals surface area contributed by atoms with Gasteiger partial charge in [-0.25, -0.2) is 0 Å². The first-order valence-electron chi connectivity index (χ1n) is 3.87. The molecule has 2 rings (SSSR count). The third-order valence-corrected chi connectivity index (χ3v) is 2.66. The van der Waals surface area contributed by atoms with Gasteiger partial charge in [0.15, 0.2) is 0 Å². The topological polar surface area (TPSA) is 29.3 Å². The van der Waals surface area contributed by atoms with Gasteiger partial charge in [0.1, 0.15) is 0 Å². The Morgan fingerprint density at radius 1 is 1.22 bits per heavy atom. The van der Waals surface area contributed by atoms with E-state index in [0.29, 0.717) is 6.04 Å². The molecule has 1 unspecified atom stereocenters. The first-order valence-corrected chi connectivity index (χ1v) is 3.87. The van der Waals surface area contributed by atoms with Crippen LogP contribution in [0.25, 0.3) is 0 Å². The molecule has 0 saturated carbocycles. The van der Waals surface area contributed by atoms with Crippen LogP contribution in [0, 0.1) is 0 Å². The van der Waals surface area contributed by atoms with Crippen molar-refractivity contribution in [3.63, 3.8) is 0 Å². The van der Waals surface area contributed by atoms with E-state index < -0.39 is 0 Å². The van der Waals surface area contributed by atoms with Crippen LogP contribution in [-0.2, 0) is 0 Å². The van der Waals surface area contributed by atoms with Gasteiger partial charge in [-0.3, -0.25) is 4.90 Å². The summed E-state index contributed by atoms with van der Waals surface area (Å²) in [5, 5.41) is 0. The van der Waals surface area contributed by atoms with Crippen LogP contribution in [0.4, 0.5) is 0 Å². The Morgan fingerprint density at radius 3 is 2.89 bits per heavy atom. The summed E-state index contributed by atoms with van der Waals surface area (Å²) in [5.41, 5.74) is 5.88. The van der Waals surface area contributed by atoms with Crippen molar-refractivity contribution in [2.24, 2.45) is 5.73 Å². The molecule has 2 heterocycles. The fourth-order valence-corrected chi connectivity index (χ4v) is 2.12. The van der Waals surface area contributed by atoms with E-state index in [4.69, 9.17) is 5.73 Å². The van der Waals surface area contributed by atoms with Gasteiger partial charge in [-0.1, -0.05) is 0 Å². The number of nitrogens with two attached hydrogens (primary N) is 1. The molecule has 2 fully saturated rings. The van der Waals surface area contributed by atoms with E-state index >= 15 is 0 Å². The summed E-state index contributed by atoms with van der Waals surface area (Å²) in [6, 6.07) is 1.25. The van der Waals surface area contributed by atoms with Gasteiger partial charge in [-0.15, -0.1) is 0 Å². The first kappa shape index (κ1) is 5.69. The van der Waals surface area contributed by atoms with E-state index in [1.807, 2.05) is 0 Å². The lowest BCUT2D eigenvalue weighted by atomic mass is 10.1. The molecule has 2 aliphatic heterocycles. The van der Waals surface area contributed by atoms with Gasteiger partial charge in [0, 0.05) is 18.6 Å². The van der Waals surface area contributed by atoms with Crippen LogP contribution in [0.1, 0.15) is 19.3 Å². The van der Waals surface area contributed by atoms with E-state index in [9.17, 15) is 0 Å². The Kier molecular flexibility index (Phi) is 1.24. The fourth-order valence-electron chi connectivity index (χ4n) is 2.12. The quantitative estimate of drug-likeness (QED) is 0.502. The number of hydrogen-bond donors (Lipinski definition) is 1. The molecule has 0 radical (unpaired) electrons. The van der Waals surface area contributed by atoms with Crippen molar-refractivity contribution < 1.29 is 0 Å². The maximum absolute atomic E-state index is 5.88. The van der Waals surface area contributed by atoms with Crippen LogP contribution in [-0.4, -0.2) is 30.1 Å². The summed E-state index contributed by atoms with van der Waals surface area (Å²) < 4.78 is 0. The molecule has 0 aromatic heterocycles. The van der Waals surface area contributed by atoms with Gasteiger partial charge in [0.05, 0.1) is 0 Å². The summed E-state index contributed by atoms with van der Waals surface area (Å²) in [4.78, 5) is 2.53. The Bertz CT molecular complexity index is 113. The third-order valence-electron chi connectivity index (χ3n) is 2.66. The first-order chi connectivity index (χ1) is 4.38. The van der Waals surface area contributed by atoms with Crippen molar-refractivity contribution in [2.75, 3.05) is 13.1 Å². The van der Waals surface area contributed by atoms with Crippen molar-refractivity contribution in [1.29, 1.82) is 0 Å². The summed E-state index contributed by atoms with van der Waals surface area (Å²) in [5.74, 6) is 0. The standard InChI is InChI=1S/C7H14N2/c8-6-3-5-9-4-1-2-7(6)9/h6-7H,1-5,8H2/t6?,7-/m0/s1. The monoisotopic (exact) mass is 126 g/mol. The second-order valence-electron chi connectivity index (χ2n) is 3.20. The highest BCUT2D eigenvalue weighted by Crippen LogP contribution is 2.26. The second kappa shape index (κ2) is 1.96. The Morgan fingerprint density at radius 2 is 2.11 bits per heavy atom. The summed E-state index contributed by atoms with van der Waals surface area (Å²) in [7, 11) is 0. The smallest absolute Gasteiger partial charge is 0.0248 e. The lowest BCUT2D eigenvalue weighted by molar-refractivity contribution is 0.314. The molecule has 0 bridgehead atoms. The molecule has 0 aromatic carbocycles. The van der Waals surface area contributed by atoms with Gasteiger partial charge < -0.3 is 5.73 Å². The number of nitrogens with zero attached hydrogens (tertiary/aromatic N) is 1. The highest BCUT2D eigenvalue weighted by Gasteiger charge is 2.34. The number of fused-ring (bicyclic) bond motifs is 1. The Labute approximate surface area is 56.0 Å². The minimum Gasteiger partial charge on any atom is -0.326 e. The SMILES string of the molecule is NC1CCN2CCC[C@@H]12. The molecule has 2 heteroatoms. The van der Waals surface area contributed by atoms with Crippen LogP contribution >= 0.6 is 0 Å². The van der Waals surface area contributed by atoms with Crippen molar-refractivity contribution >= 4 is 0 Å². The van der Waals surface area contributed by atoms with Crippen molar-refractivity contribution in [3.05, 3.63) is 0 Å². The fraction of sp³-hybridized carbons (Fsp3) is 1.00. The maximum atomic E-state index is 5.88. The highest BCUT2D eigenvalue weighted by atomic mass is 15.2. The largest absolute Gasteiger partial charge is 0.326 e. The molecule has 2 N–H and O–H groups in total. The molecule has 0 spiro atoms. The van der Waals surface area contributed by atoms with Crippen LogP contribution in [0.2, 0.25) is 0 Å². The van der Waals surface area contributed by atoms with Crippen molar-refractivity contribution in [1.82, 2.24) is 4.90 Å². The van der Waals surface area contributed by atoms with Gasteiger partial charge in [0.25, 0.3) is 0 Å². The molecular weight excluding hydrogens is 112 g/mol. The minimum absolute atomic E-state index is 0.493. The van der Waals surface area contributed by atoms with Gasteiger partial charge in [-0.05, 0) is 25.8 Å². The Hall–Kier alpha value is -0.0800. The number of rotatable bonds is 0. The van der Waals surface area contributed by atoms with Crippen molar-refractivity contribution in [3.8, 4) is 0 Å². The van der Waals surface area contributed by atoms with Crippen molar-refractivity contribution in [2.45, 2.75) is 31.3 Å². The van der Waals surface area contributed by atoms with Crippen LogP contribution in [0.3, 0.4) is 0 Å². The summed E-state index contributed by atoms with van der Waals surface area (Å²) in [6.45, 7) is 2.56. The van der Waals surface area contributed by atoms with Crippen LogP contribution < -0.4 is 5.73 Å². The molecule has 52 valence electrons. The zero-order valence-corrected chi connectivity index (χ0v) is 5.71. The maximum Gasteiger partial charge on any atom is 0.0248 e. The van der Waals surface area contributed by atoms with E-state index in [2.05, 4.69) is 4.90 Å². The van der Waals surface area contributed by atoms with E-state index in [0.717, 1.165) is 6.04 Å². The third kappa shape index (κ3) is 0.775. The Balaban J connectivity index is 2.07. The summed E-state index contributed by atoms with van der Waals surface area (Å²) >= 11 is 0. The van der Waals surface area contributed by atoms with Gasteiger partial charge in [-0.2, -0.15) is 0 Å². The van der Waals surface area contributed by atoms with E-state index in [1.165, 1.54) is 32.4 Å². The van der Waals surface area contributed by atoms with Crippen LogP contribution in [0.15, 0.2) is 0 Å². The average Bonchev–Trinajstić information content (AvgIpc) is 2.35. The predicted molar refractivity (Wildman–Crippen MR) is 37.2 cm³/mol. The van der Waals surface area contributed by atoms with Gasteiger partial charge >= 0.3 is 0 Å². The summed E-state index contributed by atoms with van der Waals surface area (Å²) in [6.07, 6.45) is 3.95. The van der Waals surface area contributed by atoms with E-state index in [1.54, 1.807) is 0 Å². The molecule has 0 aliphatic carbocycles. The highest BCUT2D eigenvalue weighted by molar-refractivity contribution is 4.93. The molecule has 2 atom stereocenters. The zero-order chi connectivity index (χ0) is 6.27. The minimum atomic E-state index is 0.493. The molecule has 2 nitrogen and oxygen atoms in total. The van der Waals surface area contributed by atoms with Crippen LogP contribution in [0.5, 0.6) is 0 Å². The van der Waals surface area contributed by atoms with E-state index in [-0.39, 0.29) is 0 Å². The molecule has 2 aliphatic rings. The molecule has 0 aromatic rings. The molecule has 2 saturated heterocycles. The lowest BCUT2D eigenvalue weighted by Gasteiger charge is -2.15.